The molecule has 0 bridgehead atoms. The number of aromatic nitrogens is 1. The van der Waals surface area contributed by atoms with Crippen molar-refractivity contribution in [3.8, 4) is 0 Å². The van der Waals surface area contributed by atoms with E-state index in [0.29, 0.717) is 5.69 Å². The van der Waals surface area contributed by atoms with Crippen LogP contribution in [0.15, 0.2) is 10.6 Å². The molecule has 1 aromatic rings. The molecule has 0 aliphatic heterocycles. The molecule has 0 spiro atoms. The van der Waals surface area contributed by atoms with Crippen LogP contribution in [0.1, 0.15) is 16.2 Å². The molecule has 0 saturated heterocycles. The molecule has 0 aliphatic carbocycles. The highest BCUT2D eigenvalue weighted by molar-refractivity contribution is 5.91. The van der Waals surface area contributed by atoms with Gasteiger partial charge in [0.2, 0.25) is 5.76 Å². The number of carbonyl (C=O) groups excluding carboxylic acids is 1. The molecule has 1 aromatic heterocycles. The van der Waals surface area contributed by atoms with Gasteiger partial charge in [-0.2, -0.15) is 0 Å². The van der Waals surface area contributed by atoms with Crippen LogP contribution in [0.25, 0.3) is 0 Å². The molecule has 0 unspecified atom stereocenters. The summed E-state index contributed by atoms with van der Waals surface area (Å²) in [5.74, 6) is -0.123. The smallest absolute Gasteiger partial charge is 0.291 e. The van der Waals surface area contributed by atoms with Gasteiger partial charge in [-0.3, -0.25) is 4.79 Å². The third kappa shape index (κ3) is 2.06. The Morgan fingerprint density at radius 1 is 1.83 bits per heavy atom. The predicted octanol–water partition coefficient (Wildman–Crippen LogP) is 0.317. The molecule has 0 radical (unpaired) electrons. The van der Waals surface area contributed by atoms with Crippen LogP contribution in [-0.4, -0.2) is 24.9 Å². The van der Waals surface area contributed by atoms with Crippen molar-refractivity contribution in [2.75, 3.05) is 13.8 Å². The van der Waals surface area contributed by atoms with E-state index < -0.39 is 0 Å². The van der Waals surface area contributed by atoms with Gasteiger partial charge >= 0.3 is 0 Å². The van der Waals surface area contributed by atoms with Crippen LogP contribution < -0.4 is 5.32 Å². The topological polar surface area (TPSA) is 64.4 Å². The first-order valence-electron chi connectivity index (χ1n) is 3.44. The summed E-state index contributed by atoms with van der Waals surface area (Å²) in [5.41, 5.74) is 0.678. The summed E-state index contributed by atoms with van der Waals surface area (Å²) >= 11 is 0. The zero-order valence-electron chi connectivity index (χ0n) is 6.96. The average molecular weight is 170 g/mol. The van der Waals surface area contributed by atoms with Crippen LogP contribution >= 0.6 is 0 Å². The van der Waals surface area contributed by atoms with E-state index in [0.717, 1.165) is 0 Å². The van der Waals surface area contributed by atoms with Crippen molar-refractivity contribution in [3.05, 3.63) is 17.5 Å². The van der Waals surface area contributed by atoms with Crippen LogP contribution in [0.5, 0.6) is 0 Å². The SMILES string of the molecule is COCNC(=O)c1cc(C)no1. The lowest BCUT2D eigenvalue weighted by Crippen LogP contribution is -2.24. The third-order valence-corrected chi connectivity index (χ3v) is 1.23. The molecule has 0 aliphatic rings. The number of methoxy groups -OCH3 is 1. The molecule has 1 heterocycles. The molecule has 0 aromatic carbocycles. The summed E-state index contributed by atoms with van der Waals surface area (Å²) in [6.45, 7) is 1.91. The molecule has 5 heteroatoms. The van der Waals surface area contributed by atoms with Gasteiger partial charge in [0, 0.05) is 13.2 Å². The Morgan fingerprint density at radius 3 is 3.08 bits per heavy atom. The summed E-state index contributed by atoms with van der Waals surface area (Å²) < 4.78 is 9.35. The van der Waals surface area contributed by atoms with E-state index in [2.05, 4.69) is 15.2 Å². The molecule has 66 valence electrons. The van der Waals surface area contributed by atoms with Gasteiger partial charge < -0.3 is 14.6 Å². The number of rotatable bonds is 3. The quantitative estimate of drug-likeness (QED) is 0.663. The predicted molar refractivity (Wildman–Crippen MR) is 40.6 cm³/mol. The number of amides is 1. The number of hydrogen-bond donors (Lipinski definition) is 1. The number of nitrogens with zero attached hydrogens (tertiary/aromatic N) is 1. The lowest BCUT2D eigenvalue weighted by Gasteiger charge is -1.98. The second kappa shape index (κ2) is 3.87. The fraction of sp³-hybridized carbons (Fsp3) is 0.429. The van der Waals surface area contributed by atoms with Crippen LogP contribution in [0.3, 0.4) is 0 Å². The second-order valence-electron chi connectivity index (χ2n) is 2.27. The van der Waals surface area contributed by atoms with Gasteiger partial charge in [-0.25, -0.2) is 0 Å². The van der Waals surface area contributed by atoms with Crippen molar-refractivity contribution >= 4 is 5.91 Å². The van der Waals surface area contributed by atoms with Crippen molar-refractivity contribution in [2.45, 2.75) is 6.92 Å². The van der Waals surface area contributed by atoms with Crippen LogP contribution in [-0.2, 0) is 4.74 Å². The zero-order chi connectivity index (χ0) is 8.97. The molecule has 0 atom stereocenters. The lowest BCUT2D eigenvalue weighted by molar-refractivity contribution is 0.0835. The minimum atomic E-state index is -0.322. The van der Waals surface area contributed by atoms with E-state index >= 15 is 0 Å². The number of carbonyl (C=O) groups is 1. The van der Waals surface area contributed by atoms with Gasteiger partial charge in [-0.15, -0.1) is 0 Å². The van der Waals surface area contributed by atoms with Crippen LogP contribution in [0.4, 0.5) is 0 Å². The normalized spacial score (nSPS) is 9.83. The minimum Gasteiger partial charge on any atom is -0.364 e. The maximum Gasteiger partial charge on any atom is 0.291 e. The number of nitrogens with one attached hydrogen (secondary N) is 1. The van der Waals surface area contributed by atoms with Crippen molar-refractivity contribution in [1.29, 1.82) is 0 Å². The fourth-order valence-electron chi connectivity index (χ4n) is 0.695. The maximum atomic E-state index is 11.1. The third-order valence-electron chi connectivity index (χ3n) is 1.23. The molecule has 1 rings (SSSR count). The molecule has 1 amide bonds. The van der Waals surface area contributed by atoms with Gasteiger partial charge in [0.15, 0.2) is 0 Å². The molecule has 0 fully saturated rings. The van der Waals surface area contributed by atoms with Gasteiger partial charge in [0.05, 0.1) is 5.69 Å². The Kier molecular flexibility index (Phi) is 2.82. The van der Waals surface area contributed by atoms with Crippen LogP contribution in [0.2, 0.25) is 0 Å². The van der Waals surface area contributed by atoms with Crippen molar-refractivity contribution in [2.24, 2.45) is 0 Å². The van der Waals surface area contributed by atoms with Gasteiger partial charge in [-0.05, 0) is 6.92 Å². The Morgan fingerprint density at radius 2 is 2.58 bits per heavy atom. The van der Waals surface area contributed by atoms with Crippen molar-refractivity contribution in [1.82, 2.24) is 10.5 Å². The van der Waals surface area contributed by atoms with E-state index in [4.69, 9.17) is 4.52 Å². The summed E-state index contributed by atoms with van der Waals surface area (Å²) in [4.78, 5) is 11.1. The maximum absolute atomic E-state index is 11.1. The zero-order valence-corrected chi connectivity index (χ0v) is 6.96. The summed E-state index contributed by atoms with van der Waals surface area (Å²) in [6, 6.07) is 1.56. The Bertz CT molecular complexity index is 269. The molecular weight excluding hydrogens is 160 g/mol. The van der Waals surface area contributed by atoms with E-state index in [1.165, 1.54) is 7.11 Å². The highest BCUT2D eigenvalue weighted by Crippen LogP contribution is 2.00. The molecule has 5 nitrogen and oxygen atoms in total. The molecular formula is C7H10N2O3. The summed E-state index contributed by atoms with van der Waals surface area (Å²) in [7, 11) is 1.49. The van der Waals surface area contributed by atoms with Crippen molar-refractivity contribution < 1.29 is 14.1 Å². The second-order valence-corrected chi connectivity index (χ2v) is 2.27. The lowest BCUT2D eigenvalue weighted by atomic mass is 10.4. The minimum absolute atomic E-state index is 0.165. The van der Waals surface area contributed by atoms with E-state index in [1.54, 1.807) is 13.0 Å². The number of hydrogen-bond acceptors (Lipinski definition) is 4. The number of aryl methyl sites for hydroxylation is 1. The molecule has 1 N–H and O–H groups in total. The largest absolute Gasteiger partial charge is 0.364 e. The Hall–Kier alpha value is -1.36. The first-order chi connectivity index (χ1) is 5.74. The fourth-order valence-corrected chi connectivity index (χ4v) is 0.695. The van der Waals surface area contributed by atoms with Crippen molar-refractivity contribution in [3.63, 3.8) is 0 Å². The molecule has 12 heavy (non-hydrogen) atoms. The van der Waals surface area contributed by atoms with E-state index in [-0.39, 0.29) is 18.4 Å². The van der Waals surface area contributed by atoms with Gasteiger partial charge in [0.25, 0.3) is 5.91 Å². The Balaban J connectivity index is 2.53. The highest BCUT2D eigenvalue weighted by Gasteiger charge is 2.09. The monoisotopic (exact) mass is 170 g/mol. The van der Waals surface area contributed by atoms with Gasteiger partial charge in [0.1, 0.15) is 6.73 Å². The standard InChI is InChI=1S/C7H10N2O3/c1-5-3-6(12-9-5)7(10)8-4-11-2/h3H,4H2,1-2H3,(H,8,10). The highest BCUT2D eigenvalue weighted by atomic mass is 16.5. The van der Waals surface area contributed by atoms with Gasteiger partial charge in [-0.1, -0.05) is 5.16 Å². The number of ether oxygens (including phenoxy) is 1. The first-order valence-corrected chi connectivity index (χ1v) is 3.44. The average Bonchev–Trinajstić information content (AvgIpc) is 2.47. The first kappa shape index (κ1) is 8.73. The molecule has 0 saturated carbocycles. The van der Waals surface area contributed by atoms with Crippen LogP contribution in [0, 0.1) is 6.92 Å². The summed E-state index contributed by atoms with van der Waals surface area (Å²) in [5, 5.41) is 6.04. The Labute approximate surface area is 69.7 Å². The van der Waals surface area contributed by atoms with E-state index in [9.17, 15) is 4.79 Å². The summed E-state index contributed by atoms with van der Waals surface area (Å²) in [6.07, 6.45) is 0. The van der Waals surface area contributed by atoms with E-state index in [1.807, 2.05) is 0 Å².